The number of fused-ring (bicyclic) bond motifs is 2. The third-order valence-electron chi connectivity index (χ3n) is 6.09. The van der Waals surface area contributed by atoms with E-state index in [4.69, 9.17) is 14.6 Å². The van der Waals surface area contributed by atoms with Crippen LogP contribution >= 0.6 is 0 Å². The number of hydrogen-bond donors (Lipinski definition) is 2. The Kier molecular flexibility index (Phi) is 5.55. The molecule has 0 spiro atoms. The number of oxime groups is 1. The Morgan fingerprint density at radius 2 is 1.94 bits per heavy atom. The smallest absolute Gasteiger partial charge is 0.199 e. The van der Waals surface area contributed by atoms with Gasteiger partial charge in [0.15, 0.2) is 5.88 Å². The maximum absolute atomic E-state index is 10.7. The molecular weight excluding hydrogens is 406 g/mol. The molecule has 0 radical (unpaired) electrons. The molecule has 1 aromatic heterocycles. The second-order valence-electron chi connectivity index (χ2n) is 8.16. The molecule has 0 amide bonds. The highest BCUT2D eigenvalue weighted by Gasteiger charge is 2.29. The van der Waals surface area contributed by atoms with E-state index in [1.54, 1.807) is 7.11 Å². The van der Waals surface area contributed by atoms with Crippen LogP contribution in [0.15, 0.2) is 52.6 Å². The third kappa shape index (κ3) is 3.83. The molecule has 3 heterocycles. The van der Waals surface area contributed by atoms with E-state index in [1.807, 2.05) is 42.5 Å². The number of likely N-dealkylation sites (N-methyl/N-ethyl adjacent to an activating group) is 1. The fourth-order valence-electron chi connectivity index (χ4n) is 4.21. The summed E-state index contributed by atoms with van der Waals surface area (Å²) in [5.41, 5.74) is 4.30. The number of hydrogen-bond acceptors (Lipinski definition) is 7. The van der Waals surface area contributed by atoms with Crippen LogP contribution in [-0.2, 0) is 4.84 Å². The zero-order valence-corrected chi connectivity index (χ0v) is 18.3. The van der Waals surface area contributed by atoms with Gasteiger partial charge in [-0.3, -0.25) is 4.90 Å². The average molecular weight is 434 g/mol. The fraction of sp³-hybridized carbons (Fsp3) is 0.333. The monoisotopic (exact) mass is 433 g/mol. The molecule has 3 aromatic rings. The van der Waals surface area contributed by atoms with E-state index in [0.29, 0.717) is 29.3 Å². The number of para-hydroxylation sites is 1. The van der Waals surface area contributed by atoms with Crippen LogP contribution in [-0.4, -0.2) is 84.8 Å². The fourth-order valence-corrected chi connectivity index (χ4v) is 4.21. The van der Waals surface area contributed by atoms with Gasteiger partial charge in [-0.1, -0.05) is 23.4 Å². The molecule has 5 rings (SSSR count). The van der Waals surface area contributed by atoms with Gasteiger partial charge in [0, 0.05) is 49.2 Å². The summed E-state index contributed by atoms with van der Waals surface area (Å²) in [6, 6.07) is 13.4. The predicted molar refractivity (Wildman–Crippen MR) is 126 cm³/mol. The summed E-state index contributed by atoms with van der Waals surface area (Å²) in [6.45, 7) is 5.54. The lowest BCUT2D eigenvalue weighted by molar-refractivity contribution is 0.0864. The minimum atomic E-state index is 0.0462. The summed E-state index contributed by atoms with van der Waals surface area (Å²) in [6.07, 6.45) is 0. The first-order valence-corrected chi connectivity index (χ1v) is 10.8. The van der Waals surface area contributed by atoms with Gasteiger partial charge in [-0.15, -0.1) is 0 Å². The zero-order valence-electron chi connectivity index (χ0n) is 18.3. The lowest BCUT2D eigenvalue weighted by Crippen LogP contribution is -2.45. The number of methoxy groups -OCH3 is 1. The Morgan fingerprint density at radius 1 is 1.12 bits per heavy atom. The topological polar surface area (TPSA) is 85.7 Å². The second kappa shape index (κ2) is 8.64. The van der Waals surface area contributed by atoms with Crippen LogP contribution in [0.5, 0.6) is 11.6 Å². The number of piperazine rings is 1. The second-order valence-corrected chi connectivity index (χ2v) is 8.16. The Morgan fingerprint density at radius 3 is 2.75 bits per heavy atom. The van der Waals surface area contributed by atoms with Gasteiger partial charge in [0.1, 0.15) is 23.8 Å². The lowest BCUT2D eigenvalue weighted by atomic mass is 10.0. The minimum Gasteiger partial charge on any atom is -0.497 e. The summed E-state index contributed by atoms with van der Waals surface area (Å²) < 4.78 is 5.38. The molecule has 166 valence electrons. The average Bonchev–Trinajstić information content (AvgIpc) is 3.33. The van der Waals surface area contributed by atoms with Crippen molar-refractivity contribution in [2.45, 2.75) is 0 Å². The maximum atomic E-state index is 10.7. The number of benzene rings is 2. The molecule has 0 bridgehead atoms. The first kappa shape index (κ1) is 20.5. The van der Waals surface area contributed by atoms with Gasteiger partial charge in [0.2, 0.25) is 0 Å². The number of aliphatic imine (C=N–C) groups is 1. The first-order chi connectivity index (χ1) is 15.6. The number of aromatic amines is 1. The zero-order chi connectivity index (χ0) is 22.1. The summed E-state index contributed by atoms with van der Waals surface area (Å²) in [5, 5.41) is 16.0. The maximum Gasteiger partial charge on any atom is 0.199 e. The standard InChI is InChI=1S/C24H27N5O3/c1-28-9-11-29(12-10-28)13-14-32-27-22-17-5-3-4-6-19(17)25-23(22)21-18-15-16(31-2)7-8-20(18)26-24(21)30/h3-8,15,26,30H,9-14H2,1-2H3. The Balaban J connectivity index is 1.43. The molecule has 0 atom stereocenters. The van der Waals surface area contributed by atoms with Crippen LogP contribution in [0.25, 0.3) is 10.9 Å². The number of aromatic nitrogens is 1. The van der Waals surface area contributed by atoms with Crippen LogP contribution in [0.1, 0.15) is 11.1 Å². The summed E-state index contributed by atoms with van der Waals surface area (Å²) >= 11 is 0. The van der Waals surface area contributed by atoms with Gasteiger partial charge >= 0.3 is 0 Å². The molecular formula is C24H27N5O3. The number of H-pyrrole nitrogens is 1. The van der Waals surface area contributed by atoms with Crippen molar-refractivity contribution in [2.75, 3.05) is 53.5 Å². The van der Waals surface area contributed by atoms with Gasteiger partial charge < -0.3 is 24.6 Å². The summed E-state index contributed by atoms with van der Waals surface area (Å²) in [4.78, 5) is 18.3. The molecule has 32 heavy (non-hydrogen) atoms. The van der Waals surface area contributed by atoms with Crippen molar-refractivity contribution in [2.24, 2.45) is 10.1 Å². The van der Waals surface area contributed by atoms with E-state index in [0.717, 1.165) is 54.9 Å². The quantitative estimate of drug-likeness (QED) is 0.461. The van der Waals surface area contributed by atoms with Gasteiger partial charge in [-0.05, 0) is 31.3 Å². The van der Waals surface area contributed by atoms with E-state index < -0.39 is 0 Å². The highest BCUT2D eigenvalue weighted by molar-refractivity contribution is 6.58. The van der Waals surface area contributed by atoms with Gasteiger partial charge in [-0.25, -0.2) is 4.99 Å². The molecule has 1 saturated heterocycles. The Bertz CT molecular complexity index is 1190. The van der Waals surface area contributed by atoms with Crippen molar-refractivity contribution in [1.82, 2.24) is 14.8 Å². The normalized spacial score (nSPS) is 18.2. The molecule has 2 N–H and O–H groups in total. The largest absolute Gasteiger partial charge is 0.497 e. The molecule has 2 aliphatic rings. The van der Waals surface area contributed by atoms with Crippen molar-refractivity contribution in [3.8, 4) is 11.6 Å². The van der Waals surface area contributed by atoms with E-state index in [1.165, 1.54) is 0 Å². The number of nitrogens with one attached hydrogen (secondary N) is 1. The number of aromatic hydroxyl groups is 1. The van der Waals surface area contributed by atoms with Crippen LogP contribution in [0.4, 0.5) is 5.69 Å². The molecule has 0 unspecified atom stereocenters. The van der Waals surface area contributed by atoms with E-state index in [2.05, 4.69) is 27.0 Å². The number of ether oxygens (including phenoxy) is 1. The van der Waals surface area contributed by atoms with Gasteiger partial charge in [0.25, 0.3) is 0 Å². The molecule has 8 nitrogen and oxygen atoms in total. The van der Waals surface area contributed by atoms with E-state index in [-0.39, 0.29) is 5.88 Å². The van der Waals surface area contributed by atoms with Crippen molar-refractivity contribution < 1.29 is 14.7 Å². The van der Waals surface area contributed by atoms with E-state index >= 15 is 0 Å². The van der Waals surface area contributed by atoms with Crippen molar-refractivity contribution >= 4 is 28.0 Å². The molecule has 1 fully saturated rings. The van der Waals surface area contributed by atoms with Gasteiger partial charge in [-0.2, -0.15) is 0 Å². The van der Waals surface area contributed by atoms with Crippen molar-refractivity contribution in [3.05, 3.63) is 53.6 Å². The summed E-state index contributed by atoms with van der Waals surface area (Å²) in [5.74, 6) is 0.751. The third-order valence-corrected chi connectivity index (χ3v) is 6.09. The molecule has 0 aliphatic carbocycles. The Hall–Kier alpha value is -3.36. The predicted octanol–water partition coefficient (Wildman–Crippen LogP) is 2.98. The van der Waals surface area contributed by atoms with Crippen LogP contribution in [0, 0.1) is 0 Å². The van der Waals surface area contributed by atoms with Crippen LogP contribution in [0.2, 0.25) is 0 Å². The number of rotatable bonds is 6. The minimum absolute atomic E-state index is 0.0462. The Labute approximate surface area is 186 Å². The molecule has 2 aromatic carbocycles. The van der Waals surface area contributed by atoms with E-state index in [9.17, 15) is 5.11 Å². The molecule has 8 heteroatoms. The van der Waals surface area contributed by atoms with Crippen molar-refractivity contribution in [1.29, 1.82) is 0 Å². The highest BCUT2D eigenvalue weighted by atomic mass is 16.6. The van der Waals surface area contributed by atoms with Crippen LogP contribution in [0.3, 0.4) is 0 Å². The SMILES string of the molecule is COc1ccc2[nH]c(O)c(C3=Nc4ccccc4C3=NOCCN3CCN(C)CC3)c2c1. The lowest BCUT2D eigenvalue weighted by Gasteiger charge is -2.31. The van der Waals surface area contributed by atoms with Crippen LogP contribution < -0.4 is 4.74 Å². The van der Waals surface area contributed by atoms with Crippen molar-refractivity contribution in [3.63, 3.8) is 0 Å². The summed E-state index contributed by atoms with van der Waals surface area (Å²) in [7, 11) is 3.77. The highest BCUT2D eigenvalue weighted by Crippen LogP contribution is 2.36. The molecule has 2 aliphatic heterocycles. The molecule has 0 saturated carbocycles. The number of nitrogens with zero attached hydrogens (tertiary/aromatic N) is 4. The van der Waals surface area contributed by atoms with Gasteiger partial charge in [0.05, 0.1) is 18.4 Å². The first-order valence-electron chi connectivity index (χ1n) is 10.8.